The van der Waals surface area contributed by atoms with Crippen LogP contribution in [0.2, 0.25) is 0 Å². The minimum absolute atomic E-state index is 0.860. The number of anilines is 1. The van der Waals surface area contributed by atoms with Gasteiger partial charge in [-0.05, 0) is 45.8 Å². The number of para-hydroxylation sites is 1. The maximum absolute atomic E-state index is 3.57. The van der Waals surface area contributed by atoms with E-state index in [4.69, 9.17) is 0 Å². The number of halogens is 1. The zero-order chi connectivity index (χ0) is 8.13. The van der Waals surface area contributed by atoms with Gasteiger partial charge in [-0.15, -0.1) is 0 Å². The first-order valence-corrected chi connectivity index (χ1v) is 5.18. The molecule has 0 radical (unpaired) electrons. The van der Waals surface area contributed by atoms with Gasteiger partial charge in [0.25, 0.3) is 0 Å². The molecule has 0 spiro atoms. The average molecular weight is 224 g/mol. The fraction of sp³-hybridized carbons (Fsp3) is 0.400. The van der Waals surface area contributed by atoms with Crippen LogP contribution in [0, 0.1) is 5.92 Å². The number of benzene rings is 1. The van der Waals surface area contributed by atoms with E-state index in [1.54, 1.807) is 0 Å². The van der Waals surface area contributed by atoms with Crippen LogP contribution in [0.3, 0.4) is 0 Å². The van der Waals surface area contributed by atoms with Crippen LogP contribution in [0.15, 0.2) is 22.7 Å². The SMILES string of the molecule is Brc1cccc2c1NC[C@@H]1C[C@H]21. The summed E-state index contributed by atoms with van der Waals surface area (Å²) in [4.78, 5) is 0. The molecule has 0 bridgehead atoms. The van der Waals surface area contributed by atoms with Gasteiger partial charge in [-0.1, -0.05) is 12.1 Å². The van der Waals surface area contributed by atoms with Gasteiger partial charge in [0.1, 0.15) is 0 Å². The van der Waals surface area contributed by atoms with E-state index in [9.17, 15) is 0 Å². The molecule has 0 saturated heterocycles. The summed E-state index contributed by atoms with van der Waals surface area (Å²) in [6.07, 6.45) is 1.39. The summed E-state index contributed by atoms with van der Waals surface area (Å²) in [5.41, 5.74) is 2.84. The highest BCUT2D eigenvalue weighted by molar-refractivity contribution is 9.10. The molecule has 3 rings (SSSR count). The van der Waals surface area contributed by atoms with Crippen LogP contribution in [0.4, 0.5) is 5.69 Å². The third-order valence-corrected chi connectivity index (χ3v) is 3.57. The lowest BCUT2D eigenvalue weighted by Crippen LogP contribution is -2.11. The molecule has 2 atom stereocenters. The van der Waals surface area contributed by atoms with E-state index in [1.165, 1.54) is 28.7 Å². The van der Waals surface area contributed by atoms with Crippen molar-refractivity contribution < 1.29 is 0 Å². The number of fused-ring (bicyclic) bond motifs is 3. The quantitative estimate of drug-likeness (QED) is 0.714. The Morgan fingerprint density at radius 2 is 2.33 bits per heavy atom. The molecule has 1 heterocycles. The second-order valence-corrected chi connectivity index (χ2v) is 4.54. The predicted molar refractivity (Wildman–Crippen MR) is 53.5 cm³/mol. The van der Waals surface area contributed by atoms with Gasteiger partial charge >= 0.3 is 0 Å². The lowest BCUT2D eigenvalue weighted by molar-refractivity contribution is 0.815. The van der Waals surface area contributed by atoms with Crippen LogP contribution in [-0.4, -0.2) is 6.54 Å². The summed E-state index contributed by atoms with van der Waals surface area (Å²) >= 11 is 3.57. The molecule has 1 fully saturated rings. The monoisotopic (exact) mass is 223 g/mol. The van der Waals surface area contributed by atoms with Crippen LogP contribution < -0.4 is 5.32 Å². The first-order chi connectivity index (χ1) is 5.86. The molecule has 1 N–H and O–H groups in total. The average Bonchev–Trinajstić information content (AvgIpc) is 2.83. The molecule has 1 saturated carbocycles. The molecule has 0 amide bonds. The van der Waals surface area contributed by atoms with Crippen molar-refractivity contribution in [3.05, 3.63) is 28.2 Å². The van der Waals surface area contributed by atoms with Crippen molar-refractivity contribution in [3.63, 3.8) is 0 Å². The fourth-order valence-electron chi connectivity index (χ4n) is 2.12. The number of rotatable bonds is 0. The van der Waals surface area contributed by atoms with Crippen molar-refractivity contribution >= 4 is 21.6 Å². The van der Waals surface area contributed by atoms with E-state index in [1.807, 2.05) is 0 Å². The Balaban J connectivity index is 2.18. The Bertz CT molecular complexity index is 335. The molecule has 2 heteroatoms. The van der Waals surface area contributed by atoms with Gasteiger partial charge in [0.2, 0.25) is 0 Å². The first kappa shape index (κ1) is 6.96. The number of nitrogens with one attached hydrogen (secondary N) is 1. The molecule has 1 aliphatic carbocycles. The first-order valence-electron chi connectivity index (χ1n) is 4.38. The van der Waals surface area contributed by atoms with Gasteiger partial charge in [-0.2, -0.15) is 0 Å². The normalized spacial score (nSPS) is 30.1. The van der Waals surface area contributed by atoms with E-state index in [2.05, 4.69) is 39.4 Å². The van der Waals surface area contributed by atoms with Gasteiger partial charge in [0.15, 0.2) is 0 Å². The Morgan fingerprint density at radius 3 is 3.25 bits per heavy atom. The van der Waals surface area contributed by atoms with Crippen molar-refractivity contribution in [1.82, 2.24) is 0 Å². The molecule has 1 aliphatic heterocycles. The summed E-state index contributed by atoms with van der Waals surface area (Å²) in [5, 5.41) is 3.48. The van der Waals surface area contributed by atoms with Crippen LogP contribution in [-0.2, 0) is 0 Å². The van der Waals surface area contributed by atoms with Gasteiger partial charge in [0, 0.05) is 11.0 Å². The van der Waals surface area contributed by atoms with Crippen molar-refractivity contribution in [3.8, 4) is 0 Å². The Hall–Kier alpha value is -0.500. The topological polar surface area (TPSA) is 12.0 Å². The van der Waals surface area contributed by atoms with Crippen molar-refractivity contribution in [1.29, 1.82) is 0 Å². The highest BCUT2D eigenvalue weighted by Gasteiger charge is 2.42. The third-order valence-electron chi connectivity index (χ3n) is 2.91. The van der Waals surface area contributed by atoms with Crippen molar-refractivity contribution in [2.45, 2.75) is 12.3 Å². The van der Waals surface area contributed by atoms with Crippen LogP contribution >= 0.6 is 15.9 Å². The lowest BCUT2D eigenvalue weighted by Gasteiger charge is -2.18. The van der Waals surface area contributed by atoms with E-state index in [0.717, 1.165) is 11.8 Å². The summed E-state index contributed by atoms with van der Waals surface area (Å²) in [5.74, 6) is 1.78. The van der Waals surface area contributed by atoms with Gasteiger partial charge in [-0.25, -0.2) is 0 Å². The summed E-state index contributed by atoms with van der Waals surface area (Å²) in [6, 6.07) is 6.48. The molecule has 2 aliphatic rings. The van der Waals surface area contributed by atoms with Gasteiger partial charge in [-0.3, -0.25) is 0 Å². The zero-order valence-corrected chi connectivity index (χ0v) is 8.26. The predicted octanol–water partition coefficient (Wildman–Crippen LogP) is 2.98. The van der Waals surface area contributed by atoms with Gasteiger partial charge in [0.05, 0.1) is 5.69 Å². The van der Waals surface area contributed by atoms with Gasteiger partial charge < -0.3 is 5.32 Å². The lowest BCUT2D eigenvalue weighted by atomic mass is 10.0. The summed E-state index contributed by atoms with van der Waals surface area (Å²) in [7, 11) is 0. The van der Waals surface area contributed by atoms with Crippen molar-refractivity contribution in [2.24, 2.45) is 5.92 Å². The second-order valence-electron chi connectivity index (χ2n) is 3.69. The Labute approximate surface area is 80.3 Å². The molecule has 0 aromatic heterocycles. The Morgan fingerprint density at radius 1 is 1.42 bits per heavy atom. The molecule has 0 unspecified atom stereocenters. The van der Waals surface area contributed by atoms with E-state index < -0.39 is 0 Å². The maximum Gasteiger partial charge on any atom is 0.0520 e. The van der Waals surface area contributed by atoms with E-state index in [0.29, 0.717) is 0 Å². The molecular weight excluding hydrogens is 214 g/mol. The second kappa shape index (κ2) is 2.25. The smallest absolute Gasteiger partial charge is 0.0520 e. The fourth-order valence-corrected chi connectivity index (χ4v) is 2.65. The zero-order valence-electron chi connectivity index (χ0n) is 6.68. The molecule has 1 aromatic carbocycles. The number of hydrogen-bond acceptors (Lipinski definition) is 1. The number of hydrogen-bond donors (Lipinski definition) is 1. The highest BCUT2D eigenvalue weighted by Crippen LogP contribution is 2.53. The Kier molecular flexibility index (Phi) is 1.31. The minimum atomic E-state index is 0.860. The van der Waals surface area contributed by atoms with Crippen LogP contribution in [0.25, 0.3) is 0 Å². The van der Waals surface area contributed by atoms with E-state index in [-0.39, 0.29) is 0 Å². The standard InChI is InChI=1S/C10H10BrN/c11-9-3-1-2-7-8-4-6(8)5-12-10(7)9/h1-3,6,8,12H,4-5H2/t6-,8-/m0/s1. The van der Waals surface area contributed by atoms with Crippen molar-refractivity contribution in [2.75, 3.05) is 11.9 Å². The molecule has 12 heavy (non-hydrogen) atoms. The summed E-state index contributed by atoms with van der Waals surface area (Å²) in [6.45, 7) is 1.17. The highest BCUT2D eigenvalue weighted by atomic mass is 79.9. The summed E-state index contributed by atoms with van der Waals surface area (Å²) < 4.78 is 1.21. The molecule has 1 aromatic rings. The maximum atomic E-state index is 3.57. The van der Waals surface area contributed by atoms with E-state index >= 15 is 0 Å². The van der Waals surface area contributed by atoms with Crippen LogP contribution in [0.5, 0.6) is 0 Å². The minimum Gasteiger partial charge on any atom is -0.384 e. The molecular formula is C10H10BrN. The molecule has 1 nitrogen and oxygen atoms in total. The largest absolute Gasteiger partial charge is 0.384 e. The third kappa shape index (κ3) is 0.845. The molecule has 62 valence electrons. The van der Waals surface area contributed by atoms with Crippen LogP contribution in [0.1, 0.15) is 17.9 Å².